The Hall–Kier alpha value is -0.723. The molecule has 4 nitrogen and oxygen atoms in total. The van der Waals surface area contributed by atoms with Crippen LogP contribution in [0, 0.1) is 17.8 Å². The third-order valence-electron chi connectivity index (χ3n) is 8.54. The standard InChI is InChI=1S/C25H42O4Si/c1-17(2)25(3,4)30(5,6)28-14-13-18-9-7-8-10-19(18)22(27)15-20-21(16-26)24-12-11-23(20)29-24/h7-10,17,20-24,26-27H,11-16H2,1-6H3/t20-,21+,22?,23+,24-/m1/s1. The minimum absolute atomic E-state index is 0.152. The van der Waals surface area contributed by atoms with Crippen LogP contribution in [0.1, 0.15) is 64.2 Å². The van der Waals surface area contributed by atoms with Crippen molar-refractivity contribution in [3.8, 4) is 0 Å². The normalized spacial score (nSPS) is 27.8. The summed E-state index contributed by atoms with van der Waals surface area (Å²) in [5.74, 6) is 0.988. The molecule has 0 spiro atoms. The van der Waals surface area contributed by atoms with Crippen LogP contribution >= 0.6 is 0 Å². The average molecular weight is 435 g/mol. The Morgan fingerprint density at radius 2 is 1.77 bits per heavy atom. The van der Waals surface area contributed by atoms with Gasteiger partial charge in [-0.05, 0) is 66.8 Å². The van der Waals surface area contributed by atoms with Gasteiger partial charge in [-0.3, -0.25) is 0 Å². The van der Waals surface area contributed by atoms with Crippen LogP contribution in [0.5, 0.6) is 0 Å². The first-order chi connectivity index (χ1) is 14.1. The van der Waals surface area contributed by atoms with Crippen molar-refractivity contribution < 1.29 is 19.4 Å². The molecule has 0 radical (unpaired) electrons. The van der Waals surface area contributed by atoms with Crippen LogP contribution in [0.4, 0.5) is 0 Å². The van der Waals surface area contributed by atoms with E-state index in [0.717, 1.165) is 24.8 Å². The van der Waals surface area contributed by atoms with Gasteiger partial charge in [0.15, 0.2) is 8.32 Å². The molecule has 2 bridgehead atoms. The van der Waals surface area contributed by atoms with Crippen molar-refractivity contribution in [1.29, 1.82) is 0 Å². The van der Waals surface area contributed by atoms with Crippen molar-refractivity contribution in [1.82, 2.24) is 0 Å². The maximum atomic E-state index is 11.1. The van der Waals surface area contributed by atoms with E-state index in [9.17, 15) is 10.2 Å². The molecule has 2 saturated heterocycles. The molecule has 170 valence electrons. The lowest BCUT2D eigenvalue weighted by Crippen LogP contribution is -2.45. The molecule has 5 atom stereocenters. The van der Waals surface area contributed by atoms with E-state index in [1.165, 1.54) is 5.56 Å². The first kappa shape index (κ1) is 23.9. The topological polar surface area (TPSA) is 58.9 Å². The van der Waals surface area contributed by atoms with Crippen molar-refractivity contribution in [2.24, 2.45) is 17.8 Å². The van der Waals surface area contributed by atoms with E-state index < -0.39 is 14.4 Å². The SMILES string of the molecule is CC(C)C(C)(C)[Si](C)(C)OCCc1ccccc1C(O)C[C@@H]1[C@H](CO)[C@H]2CC[C@@H]1O2. The summed E-state index contributed by atoms with van der Waals surface area (Å²) in [6.07, 6.45) is 3.42. The van der Waals surface area contributed by atoms with E-state index in [2.05, 4.69) is 46.9 Å². The Labute approximate surface area is 184 Å². The largest absolute Gasteiger partial charge is 0.416 e. The molecule has 1 aromatic rings. The maximum absolute atomic E-state index is 11.1. The molecule has 30 heavy (non-hydrogen) atoms. The van der Waals surface area contributed by atoms with Gasteiger partial charge in [-0.15, -0.1) is 0 Å². The Bertz CT molecular complexity index is 702. The summed E-state index contributed by atoms with van der Waals surface area (Å²) in [4.78, 5) is 0. The van der Waals surface area contributed by atoms with Crippen LogP contribution < -0.4 is 0 Å². The number of benzene rings is 1. The van der Waals surface area contributed by atoms with E-state index in [0.29, 0.717) is 18.9 Å². The fourth-order valence-electron chi connectivity index (χ4n) is 5.22. The van der Waals surface area contributed by atoms with E-state index >= 15 is 0 Å². The zero-order valence-corrected chi connectivity index (χ0v) is 20.7. The molecule has 0 amide bonds. The van der Waals surface area contributed by atoms with Gasteiger partial charge in [-0.25, -0.2) is 0 Å². The summed E-state index contributed by atoms with van der Waals surface area (Å²) in [6.45, 7) is 14.7. The Morgan fingerprint density at radius 1 is 1.13 bits per heavy atom. The fourth-order valence-corrected chi connectivity index (χ4v) is 7.59. The third kappa shape index (κ3) is 4.70. The van der Waals surface area contributed by atoms with Crippen LogP contribution in [0.2, 0.25) is 18.1 Å². The van der Waals surface area contributed by atoms with Gasteiger partial charge in [-0.2, -0.15) is 0 Å². The van der Waals surface area contributed by atoms with Gasteiger partial charge in [-0.1, -0.05) is 52.0 Å². The van der Waals surface area contributed by atoms with Gasteiger partial charge in [0.05, 0.1) is 18.3 Å². The molecule has 2 fully saturated rings. The van der Waals surface area contributed by atoms with Crippen molar-refractivity contribution in [2.75, 3.05) is 13.2 Å². The van der Waals surface area contributed by atoms with Gasteiger partial charge in [0.2, 0.25) is 0 Å². The summed E-state index contributed by atoms with van der Waals surface area (Å²) >= 11 is 0. The molecule has 0 aliphatic carbocycles. The number of aliphatic hydroxyl groups is 2. The van der Waals surface area contributed by atoms with Crippen molar-refractivity contribution >= 4 is 8.32 Å². The van der Waals surface area contributed by atoms with E-state index in [-0.39, 0.29) is 35.7 Å². The summed E-state index contributed by atoms with van der Waals surface area (Å²) in [5, 5.41) is 21.1. The highest BCUT2D eigenvalue weighted by Crippen LogP contribution is 2.47. The Morgan fingerprint density at radius 3 is 2.40 bits per heavy atom. The van der Waals surface area contributed by atoms with Crippen molar-refractivity contribution in [3.63, 3.8) is 0 Å². The van der Waals surface area contributed by atoms with Gasteiger partial charge < -0.3 is 19.4 Å². The zero-order chi connectivity index (χ0) is 22.1. The molecule has 5 heteroatoms. The quantitative estimate of drug-likeness (QED) is 0.503. The molecular weight excluding hydrogens is 392 g/mol. The van der Waals surface area contributed by atoms with E-state index in [1.807, 2.05) is 18.2 Å². The molecule has 2 N–H and O–H groups in total. The van der Waals surface area contributed by atoms with Gasteiger partial charge in [0, 0.05) is 19.1 Å². The number of hydrogen-bond acceptors (Lipinski definition) is 4. The molecule has 1 unspecified atom stereocenters. The number of aliphatic hydroxyl groups excluding tert-OH is 2. The summed E-state index contributed by atoms with van der Waals surface area (Å²) in [5.41, 5.74) is 2.17. The van der Waals surface area contributed by atoms with Gasteiger partial charge >= 0.3 is 0 Å². The lowest BCUT2D eigenvalue weighted by atomic mass is 9.76. The monoisotopic (exact) mass is 434 g/mol. The maximum Gasteiger partial charge on any atom is 0.192 e. The van der Waals surface area contributed by atoms with E-state index in [4.69, 9.17) is 9.16 Å². The second-order valence-electron chi connectivity index (χ2n) is 10.7. The smallest absolute Gasteiger partial charge is 0.192 e. The minimum atomic E-state index is -1.85. The molecule has 0 saturated carbocycles. The average Bonchev–Trinajstić information content (AvgIpc) is 3.29. The summed E-state index contributed by atoms with van der Waals surface area (Å²) < 4.78 is 12.5. The van der Waals surface area contributed by atoms with Gasteiger partial charge in [0.1, 0.15) is 0 Å². The summed E-state index contributed by atoms with van der Waals surface area (Å²) in [7, 11) is -1.85. The second kappa shape index (κ2) is 9.41. The molecule has 3 rings (SSSR count). The predicted octanol–water partition coefficient (Wildman–Crippen LogP) is 5.10. The highest BCUT2D eigenvalue weighted by molar-refractivity contribution is 6.74. The van der Waals surface area contributed by atoms with Crippen LogP contribution in [-0.4, -0.2) is 44.0 Å². The molecular formula is C25H42O4Si. The summed E-state index contributed by atoms with van der Waals surface area (Å²) in [6, 6.07) is 8.21. The Kier molecular flexibility index (Phi) is 7.51. The first-order valence-electron chi connectivity index (χ1n) is 11.7. The number of rotatable bonds is 10. The molecule has 1 aromatic carbocycles. The number of fused-ring (bicyclic) bond motifs is 2. The zero-order valence-electron chi connectivity index (χ0n) is 19.7. The lowest BCUT2D eigenvalue weighted by molar-refractivity contribution is 0.0740. The second-order valence-corrected chi connectivity index (χ2v) is 15.3. The molecule has 2 aliphatic heterocycles. The fraction of sp³-hybridized carbons (Fsp3) is 0.760. The van der Waals surface area contributed by atoms with E-state index in [1.54, 1.807) is 0 Å². The predicted molar refractivity (Wildman–Crippen MR) is 124 cm³/mol. The molecule has 0 aromatic heterocycles. The third-order valence-corrected chi connectivity index (χ3v) is 13.1. The first-order valence-corrected chi connectivity index (χ1v) is 14.7. The number of ether oxygens (including phenoxy) is 1. The van der Waals surface area contributed by atoms with Crippen molar-refractivity contribution in [3.05, 3.63) is 35.4 Å². The highest BCUT2D eigenvalue weighted by Gasteiger charge is 2.49. The van der Waals surface area contributed by atoms with Gasteiger partial charge in [0.25, 0.3) is 0 Å². The minimum Gasteiger partial charge on any atom is -0.416 e. The molecule has 2 aliphatic rings. The van der Waals surface area contributed by atoms with Crippen LogP contribution in [-0.2, 0) is 15.6 Å². The van der Waals surface area contributed by atoms with Crippen LogP contribution in [0.3, 0.4) is 0 Å². The molecule has 2 heterocycles. The Balaban J connectivity index is 1.63. The lowest BCUT2D eigenvalue weighted by Gasteiger charge is -2.42. The van der Waals surface area contributed by atoms with Crippen molar-refractivity contribution in [2.45, 2.75) is 89.8 Å². The number of hydrogen-bond donors (Lipinski definition) is 2. The highest BCUT2D eigenvalue weighted by atomic mass is 28.4. The van der Waals surface area contributed by atoms with Crippen LogP contribution in [0.25, 0.3) is 0 Å². The van der Waals surface area contributed by atoms with Crippen LogP contribution in [0.15, 0.2) is 24.3 Å².